The molecule has 0 bridgehead atoms. The van der Waals surface area contributed by atoms with Gasteiger partial charge in [-0.15, -0.1) is 0 Å². The van der Waals surface area contributed by atoms with Crippen molar-refractivity contribution >= 4 is 11.9 Å². The Labute approximate surface area is 101 Å². The van der Waals surface area contributed by atoms with E-state index >= 15 is 0 Å². The van der Waals surface area contributed by atoms with Crippen LogP contribution in [0.15, 0.2) is 0 Å². The summed E-state index contributed by atoms with van der Waals surface area (Å²) in [7, 11) is 1.19. The fraction of sp³-hybridized carbons (Fsp3) is 0.833. The maximum absolute atomic E-state index is 11.9. The molecule has 5 nitrogen and oxygen atoms in total. The zero-order valence-electron chi connectivity index (χ0n) is 10.3. The second-order valence-electron chi connectivity index (χ2n) is 4.80. The van der Waals surface area contributed by atoms with Gasteiger partial charge >= 0.3 is 11.9 Å². The molecule has 17 heavy (non-hydrogen) atoms. The van der Waals surface area contributed by atoms with Crippen LogP contribution >= 0.6 is 0 Å². The molecule has 0 amide bonds. The lowest BCUT2D eigenvalue weighted by molar-refractivity contribution is -0.174. The summed E-state index contributed by atoms with van der Waals surface area (Å²) in [5.74, 6) is -2.16. The first-order valence-corrected chi connectivity index (χ1v) is 5.95. The fourth-order valence-electron chi connectivity index (χ4n) is 2.83. The molecule has 0 heterocycles. The number of hydrogen-bond donors (Lipinski definition) is 2. The van der Waals surface area contributed by atoms with Gasteiger partial charge in [0, 0.05) is 6.42 Å². The molecule has 2 atom stereocenters. The maximum atomic E-state index is 11.9. The molecule has 2 N–H and O–H groups in total. The third-order valence-corrected chi connectivity index (χ3v) is 3.60. The normalized spacial score (nSPS) is 21.8. The van der Waals surface area contributed by atoms with Gasteiger partial charge < -0.3 is 14.9 Å². The maximum Gasteiger partial charge on any atom is 0.323 e. The summed E-state index contributed by atoms with van der Waals surface area (Å²) in [6.45, 7) is 1.50. The molecule has 1 fully saturated rings. The molecule has 1 rings (SSSR count). The van der Waals surface area contributed by atoms with E-state index in [0.717, 1.165) is 12.8 Å². The van der Waals surface area contributed by atoms with Crippen LogP contribution in [0.3, 0.4) is 0 Å². The average molecular weight is 244 g/mol. The number of carboxylic acids is 1. The Balaban J connectivity index is 3.09. The summed E-state index contributed by atoms with van der Waals surface area (Å²) >= 11 is 0. The van der Waals surface area contributed by atoms with Gasteiger partial charge in [-0.2, -0.15) is 0 Å². The van der Waals surface area contributed by atoms with E-state index in [-0.39, 0.29) is 12.3 Å². The lowest BCUT2D eigenvalue weighted by Gasteiger charge is -2.33. The predicted octanol–water partition coefficient (Wildman–Crippen LogP) is 1.19. The van der Waals surface area contributed by atoms with Gasteiger partial charge in [-0.3, -0.25) is 9.59 Å². The Kier molecular flexibility index (Phi) is 4.51. The summed E-state index contributed by atoms with van der Waals surface area (Å²) in [5.41, 5.74) is -1.58. The number of methoxy groups -OCH3 is 1. The number of esters is 1. The molecule has 0 saturated heterocycles. The smallest absolute Gasteiger partial charge is 0.323 e. The molecule has 0 spiro atoms. The number of aliphatic hydroxyl groups excluding tert-OH is 1. The van der Waals surface area contributed by atoms with Crippen molar-refractivity contribution in [2.45, 2.75) is 45.1 Å². The molecule has 98 valence electrons. The quantitative estimate of drug-likeness (QED) is 0.560. The third kappa shape index (κ3) is 2.60. The van der Waals surface area contributed by atoms with E-state index in [1.807, 2.05) is 0 Å². The van der Waals surface area contributed by atoms with E-state index in [0.29, 0.717) is 12.8 Å². The molecule has 5 heteroatoms. The summed E-state index contributed by atoms with van der Waals surface area (Å²) < 4.78 is 4.66. The highest BCUT2D eigenvalue weighted by Crippen LogP contribution is 2.44. The van der Waals surface area contributed by atoms with Crippen LogP contribution < -0.4 is 0 Å². The van der Waals surface area contributed by atoms with Gasteiger partial charge in [0.15, 0.2) is 5.41 Å². The van der Waals surface area contributed by atoms with Crippen LogP contribution in [0.5, 0.6) is 0 Å². The van der Waals surface area contributed by atoms with Gasteiger partial charge in [-0.05, 0) is 25.7 Å². The zero-order chi connectivity index (χ0) is 13.1. The first-order valence-electron chi connectivity index (χ1n) is 5.95. The lowest BCUT2D eigenvalue weighted by Crippen LogP contribution is -2.47. The van der Waals surface area contributed by atoms with Gasteiger partial charge in [-0.1, -0.05) is 12.8 Å². The molecule has 0 aliphatic heterocycles. The molecular formula is C12H20O5. The monoisotopic (exact) mass is 244 g/mol. The van der Waals surface area contributed by atoms with Crippen LogP contribution in [0.2, 0.25) is 0 Å². The Morgan fingerprint density at radius 2 is 1.94 bits per heavy atom. The number of aliphatic hydroxyl groups is 1. The van der Waals surface area contributed by atoms with Crippen molar-refractivity contribution in [2.75, 3.05) is 7.11 Å². The highest BCUT2D eigenvalue weighted by molar-refractivity contribution is 5.99. The second kappa shape index (κ2) is 5.49. The number of aliphatic carboxylic acids is 1. The second-order valence-corrected chi connectivity index (χ2v) is 4.80. The number of carboxylic acid groups (broad SMARTS) is 1. The van der Waals surface area contributed by atoms with Crippen LogP contribution in [0, 0.1) is 11.3 Å². The number of rotatable bonds is 5. The summed E-state index contributed by atoms with van der Waals surface area (Å²) in [5, 5.41) is 18.9. The molecule has 0 aromatic rings. The minimum Gasteiger partial charge on any atom is -0.480 e. The molecule has 0 radical (unpaired) electrons. The van der Waals surface area contributed by atoms with Crippen molar-refractivity contribution in [3.05, 3.63) is 0 Å². The summed E-state index contributed by atoms with van der Waals surface area (Å²) in [4.78, 5) is 23.4. The van der Waals surface area contributed by atoms with Crippen molar-refractivity contribution in [1.82, 2.24) is 0 Å². The first kappa shape index (κ1) is 14.0. The minimum atomic E-state index is -1.58. The van der Waals surface area contributed by atoms with E-state index in [1.165, 1.54) is 14.0 Å². The van der Waals surface area contributed by atoms with Gasteiger partial charge in [0.1, 0.15) is 0 Å². The highest BCUT2D eigenvalue weighted by Gasteiger charge is 2.54. The molecule has 1 saturated carbocycles. The standard InChI is InChI=1S/C12H20O5/c1-8(13)7-12(10(14)15,11(16)17-2)9-5-3-4-6-9/h8-9,13H,3-7H2,1-2H3,(H,14,15). The average Bonchev–Trinajstić information content (AvgIpc) is 2.77. The van der Waals surface area contributed by atoms with Gasteiger partial charge in [0.25, 0.3) is 0 Å². The first-order chi connectivity index (χ1) is 7.95. The molecule has 0 aromatic carbocycles. The molecule has 2 unspecified atom stereocenters. The largest absolute Gasteiger partial charge is 0.480 e. The van der Waals surface area contributed by atoms with Crippen LogP contribution in [-0.2, 0) is 14.3 Å². The third-order valence-electron chi connectivity index (χ3n) is 3.60. The Morgan fingerprint density at radius 1 is 1.41 bits per heavy atom. The van der Waals surface area contributed by atoms with E-state index in [2.05, 4.69) is 4.74 Å². The van der Waals surface area contributed by atoms with Crippen LogP contribution in [0.1, 0.15) is 39.0 Å². The van der Waals surface area contributed by atoms with Crippen molar-refractivity contribution in [1.29, 1.82) is 0 Å². The van der Waals surface area contributed by atoms with Crippen LogP contribution in [0.4, 0.5) is 0 Å². The molecular weight excluding hydrogens is 224 g/mol. The van der Waals surface area contributed by atoms with Gasteiger partial charge in [0.05, 0.1) is 13.2 Å². The Hall–Kier alpha value is -1.10. The topological polar surface area (TPSA) is 83.8 Å². The van der Waals surface area contributed by atoms with Crippen molar-refractivity contribution in [2.24, 2.45) is 11.3 Å². The molecule has 1 aliphatic rings. The van der Waals surface area contributed by atoms with Crippen molar-refractivity contribution in [3.8, 4) is 0 Å². The van der Waals surface area contributed by atoms with E-state index in [1.54, 1.807) is 0 Å². The van der Waals surface area contributed by atoms with E-state index in [9.17, 15) is 19.8 Å². The van der Waals surface area contributed by atoms with Crippen LogP contribution in [0.25, 0.3) is 0 Å². The fourth-order valence-corrected chi connectivity index (χ4v) is 2.83. The number of hydrogen-bond acceptors (Lipinski definition) is 4. The SMILES string of the molecule is COC(=O)C(CC(C)O)(C(=O)O)C1CCCC1. The van der Waals surface area contributed by atoms with Gasteiger partial charge in [0.2, 0.25) is 0 Å². The van der Waals surface area contributed by atoms with Gasteiger partial charge in [-0.25, -0.2) is 0 Å². The molecule has 0 aromatic heterocycles. The van der Waals surface area contributed by atoms with Crippen molar-refractivity contribution < 1.29 is 24.5 Å². The summed E-state index contributed by atoms with van der Waals surface area (Å²) in [6, 6.07) is 0. The number of carbonyl (C=O) groups is 2. The lowest BCUT2D eigenvalue weighted by atomic mass is 9.70. The zero-order valence-corrected chi connectivity index (χ0v) is 10.3. The Morgan fingerprint density at radius 3 is 2.29 bits per heavy atom. The predicted molar refractivity (Wildman–Crippen MR) is 60.3 cm³/mol. The minimum absolute atomic E-state index is 0.0837. The van der Waals surface area contributed by atoms with Crippen LogP contribution in [-0.4, -0.2) is 35.4 Å². The van der Waals surface area contributed by atoms with E-state index < -0.39 is 23.5 Å². The van der Waals surface area contributed by atoms with Crippen molar-refractivity contribution in [3.63, 3.8) is 0 Å². The highest BCUT2D eigenvalue weighted by atomic mass is 16.5. The van der Waals surface area contributed by atoms with E-state index in [4.69, 9.17) is 0 Å². The number of ether oxygens (including phenoxy) is 1. The number of carbonyl (C=O) groups excluding carboxylic acids is 1. The summed E-state index contributed by atoms with van der Waals surface area (Å²) in [6.07, 6.45) is 2.33. The molecule has 1 aliphatic carbocycles. The Bertz CT molecular complexity index is 293.